The molecule has 1 aromatic rings. The van der Waals surface area contributed by atoms with Crippen LogP contribution in [0.5, 0.6) is 11.5 Å². The standard InChI is InChI=1S/C24H32O2/c1-3-5-18-25-23-17-16-22(20-24(23)26-19-6-4-2)15-11-10-14-21-12-8-7-9-13-21/h7-8,10-12,14-17,20H,3-6,9,13,18-19H2,1-2H3/b14-10+,15-11+. The zero-order chi connectivity index (χ0) is 18.5. The molecule has 0 heterocycles. The van der Waals surface area contributed by atoms with Gasteiger partial charge in [-0.05, 0) is 49.0 Å². The zero-order valence-corrected chi connectivity index (χ0v) is 16.2. The van der Waals surface area contributed by atoms with Gasteiger partial charge in [-0.25, -0.2) is 0 Å². The topological polar surface area (TPSA) is 18.5 Å². The summed E-state index contributed by atoms with van der Waals surface area (Å²) in [5.41, 5.74) is 2.50. The second-order valence-corrected chi connectivity index (χ2v) is 6.54. The van der Waals surface area contributed by atoms with Gasteiger partial charge < -0.3 is 9.47 Å². The van der Waals surface area contributed by atoms with E-state index in [1.54, 1.807) is 0 Å². The predicted molar refractivity (Wildman–Crippen MR) is 112 cm³/mol. The van der Waals surface area contributed by atoms with Gasteiger partial charge in [-0.1, -0.05) is 75.3 Å². The molecule has 0 aromatic heterocycles. The van der Waals surface area contributed by atoms with Crippen LogP contribution < -0.4 is 9.47 Å². The van der Waals surface area contributed by atoms with E-state index in [0.717, 1.165) is 68.8 Å². The van der Waals surface area contributed by atoms with Crippen LogP contribution in [0, 0.1) is 0 Å². The lowest BCUT2D eigenvalue weighted by molar-refractivity contribution is 0.262. The minimum absolute atomic E-state index is 0.732. The minimum Gasteiger partial charge on any atom is -0.490 e. The molecule has 1 aliphatic carbocycles. The Labute approximate surface area is 158 Å². The fourth-order valence-electron chi connectivity index (χ4n) is 2.62. The zero-order valence-electron chi connectivity index (χ0n) is 16.2. The smallest absolute Gasteiger partial charge is 0.161 e. The Hall–Kier alpha value is -2.22. The average Bonchev–Trinajstić information content (AvgIpc) is 2.68. The SMILES string of the molecule is CCCCOc1ccc(/C=C/C=C/C2=CC=CCC2)cc1OCCCC. The Kier molecular flexibility index (Phi) is 9.42. The molecule has 1 aromatic carbocycles. The molecular weight excluding hydrogens is 320 g/mol. The van der Waals surface area contributed by atoms with Crippen LogP contribution >= 0.6 is 0 Å². The fraction of sp³-hybridized carbons (Fsp3) is 0.417. The molecule has 2 rings (SSSR count). The Morgan fingerprint density at radius 1 is 0.923 bits per heavy atom. The van der Waals surface area contributed by atoms with Crippen molar-refractivity contribution in [3.05, 3.63) is 65.8 Å². The van der Waals surface area contributed by atoms with Gasteiger partial charge in [0.05, 0.1) is 13.2 Å². The van der Waals surface area contributed by atoms with Crippen molar-refractivity contribution in [3.63, 3.8) is 0 Å². The average molecular weight is 353 g/mol. The monoisotopic (exact) mass is 352 g/mol. The molecule has 26 heavy (non-hydrogen) atoms. The molecule has 2 nitrogen and oxygen atoms in total. The summed E-state index contributed by atoms with van der Waals surface area (Å²) < 4.78 is 11.8. The van der Waals surface area contributed by atoms with E-state index >= 15 is 0 Å². The van der Waals surface area contributed by atoms with Gasteiger partial charge >= 0.3 is 0 Å². The fourth-order valence-corrected chi connectivity index (χ4v) is 2.62. The molecule has 2 heteroatoms. The molecule has 0 unspecified atom stereocenters. The number of hydrogen-bond donors (Lipinski definition) is 0. The van der Waals surface area contributed by atoms with E-state index in [0.29, 0.717) is 0 Å². The van der Waals surface area contributed by atoms with Crippen LogP contribution in [0.4, 0.5) is 0 Å². The third kappa shape index (κ3) is 7.35. The second kappa shape index (κ2) is 12.2. The maximum absolute atomic E-state index is 5.96. The van der Waals surface area contributed by atoms with Gasteiger partial charge in [0.15, 0.2) is 11.5 Å². The normalized spacial score (nSPS) is 14.2. The third-order valence-corrected chi connectivity index (χ3v) is 4.23. The Bertz CT molecular complexity index is 650. The number of unbranched alkanes of at least 4 members (excludes halogenated alkanes) is 2. The first-order valence-corrected chi connectivity index (χ1v) is 9.93. The third-order valence-electron chi connectivity index (χ3n) is 4.23. The molecule has 0 aliphatic heterocycles. The summed E-state index contributed by atoms with van der Waals surface area (Å²) in [4.78, 5) is 0. The van der Waals surface area contributed by atoms with Crippen LogP contribution in [0.15, 0.2) is 60.2 Å². The number of ether oxygens (including phenoxy) is 2. The van der Waals surface area contributed by atoms with Crippen molar-refractivity contribution >= 4 is 6.08 Å². The summed E-state index contributed by atoms with van der Waals surface area (Å²) in [5.74, 6) is 1.70. The summed E-state index contributed by atoms with van der Waals surface area (Å²) in [7, 11) is 0. The minimum atomic E-state index is 0.732. The maximum Gasteiger partial charge on any atom is 0.161 e. The molecule has 0 atom stereocenters. The first-order chi connectivity index (χ1) is 12.8. The molecule has 1 aliphatic rings. The largest absolute Gasteiger partial charge is 0.490 e. The molecular formula is C24H32O2. The van der Waals surface area contributed by atoms with Crippen molar-refractivity contribution in [1.29, 1.82) is 0 Å². The van der Waals surface area contributed by atoms with Gasteiger partial charge in [0, 0.05) is 0 Å². The van der Waals surface area contributed by atoms with Crippen molar-refractivity contribution in [2.45, 2.75) is 52.4 Å². The van der Waals surface area contributed by atoms with E-state index in [1.807, 2.05) is 6.07 Å². The van der Waals surface area contributed by atoms with Crippen molar-refractivity contribution in [2.24, 2.45) is 0 Å². The van der Waals surface area contributed by atoms with E-state index in [2.05, 4.69) is 68.5 Å². The molecule has 0 spiro atoms. The van der Waals surface area contributed by atoms with Crippen LogP contribution in [0.3, 0.4) is 0 Å². The summed E-state index contributed by atoms with van der Waals surface area (Å²) >= 11 is 0. The van der Waals surface area contributed by atoms with Crippen LogP contribution in [0.25, 0.3) is 6.08 Å². The number of allylic oxidation sites excluding steroid dienone is 7. The summed E-state index contributed by atoms with van der Waals surface area (Å²) in [6, 6.07) is 6.18. The Morgan fingerprint density at radius 2 is 1.65 bits per heavy atom. The van der Waals surface area contributed by atoms with Gasteiger partial charge in [0.25, 0.3) is 0 Å². The van der Waals surface area contributed by atoms with Crippen molar-refractivity contribution in [1.82, 2.24) is 0 Å². The van der Waals surface area contributed by atoms with Gasteiger partial charge in [0.1, 0.15) is 0 Å². The molecule has 0 amide bonds. The first-order valence-electron chi connectivity index (χ1n) is 9.93. The lowest BCUT2D eigenvalue weighted by atomic mass is 10.0. The second-order valence-electron chi connectivity index (χ2n) is 6.54. The number of hydrogen-bond acceptors (Lipinski definition) is 2. The quantitative estimate of drug-likeness (QED) is 0.319. The van der Waals surface area contributed by atoms with Crippen molar-refractivity contribution in [3.8, 4) is 11.5 Å². The predicted octanol–water partition coefficient (Wildman–Crippen LogP) is 6.89. The highest BCUT2D eigenvalue weighted by molar-refractivity contribution is 5.57. The van der Waals surface area contributed by atoms with E-state index in [1.165, 1.54) is 5.57 Å². The maximum atomic E-state index is 5.96. The van der Waals surface area contributed by atoms with E-state index in [-0.39, 0.29) is 0 Å². The first kappa shape index (κ1) is 20.1. The summed E-state index contributed by atoms with van der Waals surface area (Å²) in [6.45, 7) is 5.81. The molecule has 0 fully saturated rings. The Morgan fingerprint density at radius 3 is 2.35 bits per heavy atom. The van der Waals surface area contributed by atoms with Crippen molar-refractivity contribution in [2.75, 3.05) is 13.2 Å². The highest BCUT2D eigenvalue weighted by Crippen LogP contribution is 2.29. The molecule has 0 saturated heterocycles. The van der Waals surface area contributed by atoms with Gasteiger partial charge in [0.2, 0.25) is 0 Å². The highest BCUT2D eigenvalue weighted by Gasteiger charge is 2.06. The van der Waals surface area contributed by atoms with Crippen LogP contribution in [0.2, 0.25) is 0 Å². The van der Waals surface area contributed by atoms with Crippen LogP contribution in [-0.4, -0.2) is 13.2 Å². The lowest BCUT2D eigenvalue weighted by Gasteiger charge is -2.13. The van der Waals surface area contributed by atoms with Crippen LogP contribution in [-0.2, 0) is 0 Å². The van der Waals surface area contributed by atoms with Crippen LogP contribution in [0.1, 0.15) is 57.9 Å². The highest BCUT2D eigenvalue weighted by atomic mass is 16.5. The van der Waals surface area contributed by atoms with E-state index < -0.39 is 0 Å². The summed E-state index contributed by atoms with van der Waals surface area (Å²) in [6.07, 6.45) is 21.6. The van der Waals surface area contributed by atoms with Crippen molar-refractivity contribution < 1.29 is 9.47 Å². The molecule has 140 valence electrons. The molecule has 0 bridgehead atoms. The van der Waals surface area contributed by atoms with Gasteiger partial charge in [-0.15, -0.1) is 0 Å². The number of benzene rings is 1. The van der Waals surface area contributed by atoms with Gasteiger partial charge in [-0.2, -0.15) is 0 Å². The van der Waals surface area contributed by atoms with E-state index in [4.69, 9.17) is 9.47 Å². The Balaban J connectivity index is 2.01. The molecule has 0 radical (unpaired) electrons. The van der Waals surface area contributed by atoms with E-state index in [9.17, 15) is 0 Å². The number of rotatable bonds is 11. The van der Waals surface area contributed by atoms with Gasteiger partial charge in [-0.3, -0.25) is 0 Å². The molecule has 0 N–H and O–H groups in total. The lowest BCUT2D eigenvalue weighted by Crippen LogP contribution is -2.02. The molecule has 0 saturated carbocycles. The summed E-state index contributed by atoms with van der Waals surface area (Å²) in [5, 5.41) is 0.